The summed E-state index contributed by atoms with van der Waals surface area (Å²) >= 11 is 6.11. The van der Waals surface area contributed by atoms with Crippen molar-refractivity contribution in [1.29, 1.82) is 0 Å². The van der Waals surface area contributed by atoms with Gasteiger partial charge >= 0.3 is 0 Å². The van der Waals surface area contributed by atoms with E-state index in [1.807, 2.05) is 18.2 Å². The zero-order valence-corrected chi connectivity index (χ0v) is 14.4. The van der Waals surface area contributed by atoms with E-state index in [4.69, 9.17) is 20.8 Å². The predicted octanol–water partition coefficient (Wildman–Crippen LogP) is 2.99. The van der Waals surface area contributed by atoms with Crippen molar-refractivity contribution in [3.8, 4) is 11.3 Å². The Morgan fingerprint density at radius 3 is 2.70 bits per heavy atom. The second-order valence-corrected chi connectivity index (χ2v) is 5.05. The number of nitrogens with one attached hydrogen (secondary N) is 2. The highest BCUT2D eigenvalue weighted by Crippen LogP contribution is 2.28. The minimum Gasteiger partial charge on any atom is -0.451 e. The third-order valence-electron chi connectivity index (χ3n) is 3.04. The van der Waals surface area contributed by atoms with Gasteiger partial charge in [-0.15, -0.1) is 12.4 Å². The number of carbonyl (C=O) groups excluding carboxylic acids is 1. The Balaban J connectivity index is 0.00000264. The Labute approximate surface area is 146 Å². The molecule has 0 unspecified atom stereocenters. The molecule has 1 aromatic carbocycles. The van der Waals surface area contributed by atoms with E-state index in [0.717, 1.165) is 12.1 Å². The number of ether oxygens (including phenoxy) is 1. The molecule has 0 aliphatic carbocycles. The van der Waals surface area contributed by atoms with Crippen molar-refractivity contribution in [2.24, 2.45) is 0 Å². The van der Waals surface area contributed by atoms with E-state index in [1.165, 1.54) is 0 Å². The van der Waals surface area contributed by atoms with E-state index >= 15 is 0 Å². The fourth-order valence-corrected chi connectivity index (χ4v) is 2.15. The predicted molar refractivity (Wildman–Crippen MR) is 93.5 cm³/mol. The summed E-state index contributed by atoms with van der Waals surface area (Å²) in [6.07, 6.45) is 0. The van der Waals surface area contributed by atoms with Crippen molar-refractivity contribution in [3.05, 3.63) is 47.2 Å². The van der Waals surface area contributed by atoms with Gasteiger partial charge in [-0.3, -0.25) is 4.79 Å². The summed E-state index contributed by atoms with van der Waals surface area (Å²) < 4.78 is 10.5. The van der Waals surface area contributed by atoms with Crippen LogP contribution in [0.4, 0.5) is 0 Å². The third-order valence-corrected chi connectivity index (χ3v) is 3.37. The SMILES string of the molecule is COCCNCCNC(=O)c1ccc(-c2ccccc2Cl)o1.Cl. The first-order valence-electron chi connectivity index (χ1n) is 7.05. The fourth-order valence-electron chi connectivity index (χ4n) is 1.92. The number of methoxy groups -OCH3 is 1. The Hall–Kier alpha value is -1.53. The average molecular weight is 359 g/mol. The third kappa shape index (κ3) is 5.88. The number of amides is 1. The van der Waals surface area contributed by atoms with Crippen LogP contribution in [0.25, 0.3) is 11.3 Å². The zero-order chi connectivity index (χ0) is 15.8. The van der Waals surface area contributed by atoms with Crippen molar-refractivity contribution >= 4 is 29.9 Å². The minimum absolute atomic E-state index is 0. The lowest BCUT2D eigenvalue weighted by Crippen LogP contribution is -2.32. The summed E-state index contributed by atoms with van der Waals surface area (Å²) in [5, 5.41) is 6.52. The molecule has 0 aliphatic rings. The van der Waals surface area contributed by atoms with Gasteiger partial charge in [0.1, 0.15) is 5.76 Å². The van der Waals surface area contributed by atoms with Gasteiger partial charge in [-0.25, -0.2) is 0 Å². The van der Waals surface area contributed by atoms with Crippen molar-refractivity contribution in [1.82, 2.24) is 10.6 Å². The van der Waals surface area contributed by atoms with Gasteiger partial charge in [-0.2, -0.15) is 0 Å². The Kier molecular flexibility index (Phi) is 8.73. The van der Waals surface area contributed by atoms with Crippen LogP contribution in [0.15, 0.2) is 40.8 Å². The quantitative estimate of drug-likeness (QED) is 0.712. The molecule has 0 saturated carbocycles. The average Bonchev–Trinajstić information content (AvgIpc) is 3.01. The second-order valence-electron chi connectivity index (χ2n) is 4.64. The molecule has 0 saturated heterocycles. The molecule has 1 aromatic heterocycles. The van der Waals surface area contributed by atoms with Gasteiger partial charge in [0.2, 0.25) is 0 Å². The molecule has 0 spiro atoms. The van der Waals surface area contributed by atoms with E-state index in [1.54, 1.807) is 25.3 Å². The van der Waals surface area contributed by atoms with E-state index in [9.17, 15) is 4.79 Å². The molecule has 2 rings (SSSR count). The molecule has 0 radical (unpaired) electrons. The van der Waals surface area contributed by atoms with Crippen LogP contribution in [0.1, 0.15) is 10.6 Å². The number of rotatable bonds is 8. The van der Waals surface area contributed by atoms with Crippen molar-refractivity contribution in [3.63, 3.8) is 0 Å². The highest BCUT2D eigenvalue weighted by Gasteiger charge is 2.13. The van der Waals surface area contributed by atoms with Crippen LogP contribution >= 0.6 is 24.0 Å². The molecule has 0 atom stereocenters. The summed E-state index contributed by atoms with van der Waals surface area (Å²) in [6, 6.07) is 10.7. The normalized spacial score (nSPS) is 10.2. The maximum atomic E-state index is 12.0. The van der Waals surface area contributed by atoms with Crippen LogP contribution < -0.4 is 10.6 Å². The van der Waals surface area contributed by atoms with Gasteiger partial charge in [-0.05, 0) is 24.3 Å². The maximum absolute atomic E-state index is 12.0. The summed E-state index contributed by atoms with van der Waals surface area (Å²) in [5.41, 5.74) is 0.768. The van der Waals surface area contributed by atoms with Crippen LogP contribution in [0.3, 0.4) is 0 Å². The van der Waals surface area contributed by atoms with Crippen molar-refractivity contribution in [2.45, 2.75) is 0 Å². The number of hydrogen-bond acceptors (Lipinski definition) is 4. The Bertz CT molecular complexity index is 617. The maximum Gasteiger partial charge on any atom is 0.287 e. The Morgan fingerprint density at radius 2 is 1.96 bits per heavy atom. The van der Waals surface area contributed by atoms with E-state index in [0.29, 0.717) is 30.5 Å². The highest BCUT2D eigenvalue weighted by atomic mass is 35.5. The number of furan rings is 1. The molecular formula is C16H20Cl2N2O3. The molecule has 0 aliphatic heterocycles. The van der Waals surface area contributed by atoms with E-state index < -0.39 is 0 Å². The lowest BCUT2D eigenvalue weighted by Gasteiger charge is -2.05. The fraction of sp³-hybridized carbons (Fsp3) is 0.312. The van der Waals surface area contributed by atoms with Gasteiger partial charge in [-0.1, -0.05) is 23.7 Å². The molecule has 126 valence electrons. The summed E-state index contributed by atoms with van der Waals surface area (Å²) in [4.78, 5) is 12.0. The molecule has 0 fully saturated rings. The van der Waals surface area contributed by atoms with E-state index in [-0.39, 0.29) is 24.1 Å². The van der Waals surface area contributed by atoms with Gasteiger partial charge in [0.25, 0.3) is 5.91 Å². The largest absolute Gasteiger partial charge is 0.451 e. The summed E-state index contributed by atoms with van der Waals surface area (Å²) in [6.45, 7) is 2.59. The first kappa shape index (κ1) is 19.5. The summed E-state index contributed by atoms with van der Waals surface area (Å²) in [5.74, 6) is 0.604. The molecule has 0 bridgehead atoms. The number of halogens is 2. The van der Waals surface area contributed by atoms with Crippen LogP contribution in [0.2, 0.25) is 5.02 Å². The zero-order valence-electron chi connectivity index (χ0n) is 12.8. The number of carbonyl (C=O) groups is 1. The van der Waals surface area contributed by atoms with Gasteiger partial charge in [0, 0.05) is 32.3 Å². The van der Waals surface area contributed by atoms with Crippen LogP contribution in [0.5, 0.6) is 0 Å². The van der Waals surface area contributed by atoms with E-state index in [2.05, 4.69) is 10.6 Å². The Morgan fingerprint density at radius 1 is 1.17 bits per heavy atom. The number of benzene rings is 1. The van der Waals surface area contributed by atoms with Gasteiger partial charge in [0.15, 0.2) is 5.76 Å². The topological polar surface area (TPSA) is 63.5 Å². The lowest BCUT2D eigenvalue weighted by molar-refractivity contribution is 0.0927. The molecule has 5 nitrogen and oxygen atoms in total. The molecular weight excluding hydrogens is 339 g/mol. The monoisotopic (exact) mass is 358 g/mol. The second kappa shape index (κ2) is 10.3. The first-order valence-corrected chi connectivity index (χ1v) is 7.42. The smallest absolute Gasteiger partial charge is 0.287 e. The molecule has 2 N–H and O–H groups in total. The van der Waals surface area contributed by atoms with Crippen molar-refractivity contribution in [2.75, 3.05) is 33.4 Å². The van der Waals surface area contributed by atoms with Gasteiger partial charge in [0.05, 0.1) is 11.6 Å². The molecule has 1 heterocycles. The van der Waals surface area contributed by atoms with Crippen LogP contribution in [-0.2, 0) is 4.74 Å². The van der Waals surface area contributed by atoms with Crippen molar-refractivity contribution < 1.29 is 13.9 Å². The molecule has 2 aromatic rings. The standard InChI is InChI=1S/C16H19ClN2O3.ClH/c1-21-11-10-18-8-9-19-16(20)15-7-6-14(22-15)12-4-2-3-5-13(12)17;/h2-7,18H,8-11H2,1H3,(H,19,20);1H. The van der Waals surface area contributed by atoms with Gasteiger partial charge < -0.3 is 19.8 Å². The molecule has 1 amide bonds. The van der Waals surface area contributed by atoms with Crippen LogP contribution in [-0.4, -0.2) is 39.3 Å². The lowest BCUT2D eigenvalue weighted by atomic mass is 10.2. The number of hydrogen-bond donors (Lipinski definition) is 2. The first-order chi connectivity index (χ1) is 10.7. The molecule has 7 heteroatoms. The molecule has 23 heavy (non-hydrogen) atoms. The highest BCUT2D eigenvalue weighted by molar-refractivity contribution is 6.33. The minimum atomic E-state index is -0.244. The summed E-state index contributed by atoms with van der Waals surface area (Å²) in [7, 11) is 1.65. The van der Waals surface area contributed by atoms with Crippen LogP contribution in [0, 0.1) is 0 Å².